The maximum Gasteiger partial charge on any atom is 0.253 e. The third-order valence-electron chi connectivity index (χ3n) is 2.33. The third-order valence-corrected chi connectivity index (χ3v) is 4.12. The molecular weight excluding hydrogens is 385 g/mol. The van der Waals surface area contributed by atoms with E-state index >= 15 is 0 Å². The maximum absolute atomic E-state index is 12.1. The number of methoxy groups -OCH3 is 1. The van der Waals surface area contributed by atoms with E-state index < -0.39 is 0 Å². The predicted molar refractivity (Wildman–Crippen MR) is 80.7 cm³/mol. The van der Waals surface area contributed by atoms with E-state index in [1.54, 1.807) is 37.3 Å². The zero-order chi connectivity index (χ0) is 13.7. The zero-order valence-electron chi connectivity index (χ0n) is 10.1. The molecule has 0 aliphatic heterocycles. The second kappa shape index (κ2) is 7.48. The first-order valence-corrected chi connectivity index (χ1v) is 7.38. The Kier molecular flexibility index (Phi) is 6.63. The number of rotatable bonds is 5. The van der Waals surface area contributed by atoms with Gasteiger partial charge in [0.05, 0.1) is 16.5 Å². The van der Waals surface area contributed by atoms with Gasteiger partial charge in [0.2, 0.25) is 0 Å². The van der Waals surface area contributed by atoms with Crippen LogP contribution < -0.4 is 0 Å². The topological polar surface area (TPSA) is 29.5 Å². The number of nitrogens with zero attached hydrogens (tertiary/aromatic N) is 1. The van der Waals surface area contributed by atoms with Crippen molar-refractivity contribution >= 4 is 49.4 Å². The average molecular weight is 400 g/mol. The van der Waals surface area contributed by atoms with Crippen LogP contribution in [0.1, 0.15) is 10.4 Å². The Balaban J connectivity index is 2.71. The summed E-state index contributed by atoms with van der Waals surface area (Å²) in [5.74, 6) is -0.0649. The summed E-state index contributed by atoms with van der Waals surface area (Å²) in [4.78, 5) is 13.9. The molecule has 0 radical (unpaired) electrons. The Morgan fingerprint density at radius 3 is 2.78 bits per heavy atom. The van der Waals surface area contributed by atoms with Gasteiger partial charge in [-0.2, -0.15) is 0 Å². The van der Waals surface area contributed by atoms with Crippen LogP contribution in [-0.2, 0) is 4.74 Å². The summed E-state index contributed by atoms with van der Waals surface area (Å²) < 4.78 is 5.79. The van der Waals surface area contributed by atoms with Gasteiger partial charge in [0, 0.05) is 30.7 Å². The predicted octanol–water partition coefficient (Wildman–Crippen LogP) is 3.58. The van der Waals surface area contributed by atoms with E-state index in [2.05, 4.69) is 31.9 Å². The second-order valence-electron chi connectivity index (χ2n) is 3.87. The Labute approximate surface area is 129 Å². The van der Waals surface area contributed by atoms with Crippen LogP contribution in [0.15, 0.2) is 22.7 Å². The number of hydrogen-bond donors (Lipinski definition) is 0. The fourth-order valence-electron chi connectivity index (χ4n) is 1.46. The fourth-order valence-corrected chi connectivity index (χ4v) is 2.59. The monoisotopic (exact) mass is 397 g/mol. The Morgan fingerprint density at radius 2 is 2.22 bits per heavy atom. The molecule has 0 fully saturated rings. The summed E-state index contributed by atoms with van der Waals surface area (Å²) in [7, 11) is 3.38. The molecule has 1 atom stereocenters. The highest BCUT2D eigenvalue weighted by Gasteiger charge is 2.16. The van der Waals surface area contributed by atoms with Crippen LogP contribution >= 0.6 is 43.5 Å². The van der Waals surface area contributed by atoms with Crippen LogP contribution in [0.3, 0.4) is 0 Å². The van der Waals surface area contributed by atoms with Crippen molar-refractivity contribution < 1.29 is 9.53 Å². The number of carbonyl (C=O) groups is 1. The minimum atomic E-state index is -0.0649. The lowest BCUT2D eigenvalue weighted by molar-refractivity contribution is 0.0784. The molecule has 0 bridgehead atoms. The summed E-state index contributed by atoms with van der Waals surface area (Å²) in [5, 5.41) is 0.529. The Hall–Kier alpha value is -0.100. The largest absolute Gasteiger partial charge is 0.383 e. The smallest absolute Gasteiger partial charge is 0.253 e. The average Bonchev–Trinajstić information content (AvgIpc) is 2.32. The summed E-state index contributed by atoms with van der Waals surface area (Å²) in [5.41, 5.74) is 0.572. The normalized spacial score (nSPS) is 12.3. The van der Waals surface area contributed by atoms with Gasteiger partial charge >= 0.3 is 0 Å². The van der Waals surface area contributed by atoms with Crippen molar-refractivity contribution in [1.82, 2.24) is 4.90 Å². The van der Waals surface area contributed by atoms with Crippen molar-refractivity contribution in [3.05, 3.63) is 33.3 Å². The van der Waals surface area contributed by atoms with E-state index in [0.717, 1.165) is 4.47 Å². The van der Waals surface area contributed by atoms with Crippen molar-refractivity contribution in [3.63, 3.8) is 0 Å². The van der Waals surface area contributed by atoms with Crippen molar-refractivity contribution in [3.8, 4) is 0 Å². The molecule has 6 heteroatoms. The lowest BCUT2D eigenvalue weighted by Crippen LogP contribution is -2.33. The van der Waals surface area contributed by atoms with E-state index in [4.69, 9.17) is 16.3 Å². The fraction of sp³-hybridized carbons (Fsp3) is 0.417. The molecule has 0 saturated carbocycles. The van der Waals surface area contributed by atoms with Gasteiger partial charge in [0.15, 0.2) is 0 Å². The molecule has 0 saturated heterocycles. The van der Waals surface area contributed by atoms with Gasteiger partial charge in [-0.1, -0.05) is 27.5 Å². The molecule has 1 amide bonds. The molecule has 0 aliphatic carbocycles. The van der Waals surface area contributed by atoms with Crippen LogP contribution in [0.2, 0.25) is 5.02 Å². The van der Waals surface area contributed by atoms with Crippen molar-refractivity contribution in [1.29, 1.82) is 0 Å². The quantitative estimate of drug-likeness (QED) is 0.709. The van der Waals surface area contributed by atoms with E-state index in [1.165, 1.54) is 0 Å². The highest BCUT2D eigenvalue weighted by Crippen LogP contribution is 2.23. The molecule has 3 nitrogen and oxygen atoms in total. The van der Waals surface area contributed by atoms with Crippen LogP contribution in [0, 0.1) is 0 Å². The van der Waals surface area contributed by atoms with Gasteiger partial charge in [-0.05, 0) is 34.1 Å². The number of ether oxygens (including phenoxy) is 1. The van der Waals surface area contributed by atoms with Crippen molar-refractivity contribution in [2.45, 2.75) is 4.83 Å². The van der Waals surface area contributed by atoms with Crippen molar-refractivity contribution in [2.24, 2.45) is 0 Å². The maximum atomic E-state index is 12.1. The molecular formula is C12H14Br2ClNO2. The first-order chi connectivity index (χ1) is 8.45. The Morgan fingerprint density at radius 1 is 1.56 bits per heavy atom. The van der Waals surface area contributed by atoms with Gasteiger partial charge in [0.1, 0.15) is 0 Å². The summed E-state index contributed by atoms with van der Waals surface area (Å²) in [6.07, 6.45) is 0. The standard InChI is InChI=1S/C12H14Br2ClNO2/c1-16(6-9(13)7-18-2)12(17)8-3-4-10(14)11(15)5-8/h3-5,9H,6-7H2,1-2H3. The number of alkyl halides is 1. The molecule has 100 valence electrons. The van der Waals surface area contributed by atoms with E-state index in [0.29, 0.717) is 23.7 Å². The number of halogens is 3. The molecule has 1 aromatic rings. The molecule has 0 heterocycles. The second-order valence-corrected chi connectivity index (χ2v) is 6.42. The number of benzene rings is 1. The van der Waals surface area contributed by atoms with E-state index in [9.17, 15) is 4.79 Å². The molecule has 0 N–H and O–H groups in total. The number of carbonyl (C=O) groups excluding carboxylic acids is 1. The number of amides is 1. The zero-order valence-corrected chi connectivity index (χ0v) is 14.0. The van der Waals surface area contributed by atoms with E-state index in [1.807, 2.05) is 0 Å². The summed E-state index contributed by atoms with van der Waals surface area (Å²) >= 11 is 12.7. The Bertz CT molecular complexity index is 429. The van der Waals surface area contributed by atoms with Gasteiger partial charge in [-0.3, -0.25) is 4.79 Å². The van der Waals surface area contributed by atoms with Gasteiger partial charge < -0.3 is 9.64 Å². The molecule has 1 rings (SSSR count). The molecule has 1 aromatic carbocycles. The van der Waals surface area contributed by atoms with Crippen LogP contribution in [0.4, 0.5) is 0 Å². The molecule has 0 aromatic heterocycles. The lowest BCUT2D eigenvalue weighted by atomic mass is 10.2. The summed E-state index contributed by atoms with van der Waals surface area (Å²) in [6.45, 7) is 1.12. The highest BCUT2D eigenvalue weighted by atomic mass is 79.9. The summed E-state index contributed by atoms with van der Waals surface area (Å²) in [6, 6.07) is 5.17. The third kappa shape index (κ3) is 4.53. The highest BCUT2D eigenvalue weighted by molar-refractivity contribution is 9.10. The van der Waals surface area contributed by atoms with E-state index in [-0.39, 0.29) is 10.7 Å². The first-order valence-electron chi connectivity index (χ1n) is 5.29. The van der Waals surface area contributed by atoms with Crippen LogP contribution in [0.25, 0.3) is 0 Å². The minimum absolute atomic E-state index is 0.0649. The SMILES string of the molecule is COCC(Br)CN(C)C(=O)c1ccc(Br)c(Cl)c1. The molecule has 0 aliphatic rings. The molecule has 1 unspecified atom stereocenters. The van der Waals surface area contributed by atoms with Gasteiger partial charge in [-0.15, -0.1) is 0 Å². The number of hydrogen-bond acceptors (Lipinski definition) is 2. The van der Waals surface area contributed by atoms with Crippen LogP contribution in [-0.4, -0.2) is 42.9 Å². The van der Waals surface area contributed by atoms with Gasteiger partial charge in [-0.25, -0.2) is 0 Å². The van der Waals surface area contributed by atoms with Crippen LogP contribution in [0.5, 0.6) is 0 Å². The van der Waals surface area contributed by atoms with Crippen molar-refractivity contribution in [2.75, 3.05) is 27.3 Å². The molecule has 0 spiro atoms. The first kappa shape index (κ1) is 16.0. The van der Waals surface area contributed by atoms with Gasteiger partial charge in [0.25, 0.3) is 5.91 Å². The minimum Gasteiger partial charge on any atom is -0.383 e. The molecule has 18 heavy (non-hydrogen) atoms. The lowest BCUT2D eigenvalue weighted by Gasteiger charge is -2.20.